The first kappa shape index (κ1) is 13.8. The number of halogens is 3. The minimum atomic E-state index is -4.46. The van der Waals surface area contributed by atoms with Crippen LogP contribution in [-0.4, -0.2) is 26.3 Å². The van der Waals surface area contributed by atoms with Gasteiger partial charge in [-0.3, -0.25) is 4.68 Å². The molecule has 0 bridgehead atoms. The number of hydrogen-bond donors (Lipinski definition) is 0. The van der Waals surface area contributed by atoms with Gasteiger partial charge >= 0.3 is 6.18 Å². The SMILES string of the molecule is Cn1cc([C@@H]2CCCN2c2nccc(C(F)(F)F)n2)cn1. The van der Waals surface area contributed by atoms with E-state index >= 15 is 0 Å². The van der Waals surface area contributed by atoms with Gasteiger partial charge in [0.25, 0.3) is 0 Å². The summed E-state index contributed by atoms with van der Waals surface area (Å²) in [5.74, 6) is 0.121. The van der Waals surface area contributed by atoms with Gasteiger partial charge in [0.05, 0.1) is 12.2 Å². The Labute approximate surface area is 119 Å². The molecule has 1 fully saturated rings. The molecule has 2 aromatic heterocycles. The summed E-state index contributed by atoms with van der Waals surface area (Å²) in [6.07, 6.45) is 2.04. The Kier molecular flexibility index (Phi) is 3.30. The quantitative estimate of drug-likeness (QED) is 0.854. The number of rotatable bonds is 2. The van der Waals surface area contributed by atoms with Crippen molar-refractivity contribution in [2.24, 2.45) is 7.05 Å². The molecular weight excluding hydrogens is 283 g/mol. The maximum Gasteiger partial charge on any atom is 0.433 e. The molecule has 0 aromatic carbocycles. The van der Waals surface area contributed by atoms with Gasteiger partial charge in [-0.1, -0.05) is 0 Å². The van der Waals surface area contributed by atoms with Crippen molar-refractivity contribution < 1.29 is 13.2 Å². The van der Waals surface area contributed by atoms with Gasteiger partial charge in [0.1, 0.15) is 5.69 Å². The molecule has 0 unspecified atom stereocenters. The lowest BCUT2D eigenvalue weighted by molar-refractivity contribution is -0.141. The summed E-state index contributed by atoms with van der Waals surface area (Å²) < 4.78 is 39.9. The van der Waals surface area contributed by atoms with Crippen molar-refractivity contribution in [2.75, 3.05) is 11.4 Å². The van der Waals surface area contributed by atoms with E-state index in [9.17, 15) is 13.2 Å². The summed E-state index contributed by atoms with van der Waals surface area (Å²) in [6, 6.07) is 0.862. The fourth-order valence-electron chi connectivity index (χ4n) is 2.61. The van der Waals surface area contributed by atoms with Crippen LogP contribution in [0.2, 0.25) is 0 Å². The molecule has 2 aromatic rings. The van der Waals surface area contributed by atoms with E-state index in [1.54, 1.807) is 10.9 Å². The zero-order valence-electron chi connectivity index (χ0n) is 11.4. The van der Waals surface area contributed by atoms with Crippen LogP contribution in [0, 0.1) is 0 Å². The molecule has 3 rings (SSSR count). The summed E-state index contributed by atoms with van der Waals surface area (Å²) in [7, 11) is 1.81. The molecule has 5 nitrogen and oxygen atoms in total. The Hall–Kier alpha value is -2.12. The average molecular weight is 297 g/mol. The van der Waals surface area contributed by atoms with Gasteiger partial charge < -0.3 is 4.90 Å². The molecule has 1 aliphatic rings. The van der Waals surface area contributed by atoms with E-state index in [-0.39, 0.29) is 12.0 Å². The van der Waals surface area contributed by atoms with Crippen molar-refractivity contribution >= 4 is 5.95 Å². The lowest BCUT2D eigenvalue weighted by atomic mass is 10.1. The number of aromatic nitrogens is 4. The molecule has 0 aliphatic carbocycles. The topological polar surface area (TPSA) is 46.8 Å². The summed E-state index contributed by atoms with van der Waals surface area (Å²) in [5, 5.41) is 4.12. The van der Waals surface area contributed by atoms with Crippen molar-refractivity contribution in [3.05, 3.63) is 35.9 Å². The molecule has 0 saturated carbocycles. The fourth-order valence-corrected chi connectivity index (χ4v) is 2.61. The number of aryl methyl sites for hydroxylation is 1. The molecule has 1 saturated heterocycles. The highest BCUT2D eigenvalue weighted by Crippen LogP contribution is 2.35. The van der Waals surface area contributed by atoms with Crippen LogP contribution in [0.15, 0.2) is 24.7 Å². The maximum atomic E-state index is 12.8. The Morgan fingerprint density at radius 2 is 2.14 bits per heavy atom. The van der Waals surface area contributed by atoms with E-state index in [0.717, 1.165) is 30.7 Å². The van der Waals surface area contributed by atoms with E-state index in [0.29, 0.717) is 6.54 Å². The predicted molar refractivity (Wildman–Crippen MR) is 69.6 cm³/mol. The van der Waals surface area contributed by atoms with Crippen LogP contribution in [0.1, 0.15) is 30.1 Å². The lowest BCUT2D eigenvalue weighted by Gasteiger charge is -2.24. The Morgan fingerprint density at radius 3 is 2.81 bits per heavy atom. The van der Waals surface area contributed by atoms with Crippen LogP contribution in [-0.2, 0) is 13.2 Å². The molecule has 0 spiro atoms. The maximum absolute atomic E-state index is 12.8. The van der Waals surface area contributed by atoms with Crippen LogP contribution >= 0.6 is 0 Å². The zero-order chi connectivity index (χ0) is 15.0. The number of anilines is 1. The molecule has 8 heteroatoms. The third-order valence-corrected chi connectivity index (χ3v) is 3.55. The van der Waals surface area contributed by atoms with E-state index in [1.165, 1.54) is 0 Å². The van der Waals surface area contributed by atoms with E-state index in [4.69, 9.17) is 0 Å². The van der Waals surface area contributed by atoms with Gasteiger partial charge in [-0.25, -0.2) is 9.97 Å². The van der Waals surface area contributed by atoms with E-state index < -0.39 is 11.9 Å². The third kappa shape index (κ3) is 2.70. The third-order valence-electron chi connectivity index (χ3n) is 3.55. The van der Waals surface area contributed by atoms with E-state index in [2.05, 4.69) is 15.1 Å². The normalized spacial score (nSPS) is 19.2. The molecule has 0 radical (unpaired) electrons. The number of hydrogen-bond acceptors (Lipinski definition) is 4. The highest BCUT2D eigenvalue weighted by molar-refractivity contribution is 5.38. The van der Waals surface area contributed by atoms with Crippen molar-refractivity contribution in [3.8, 4) is 0 Å². The van der Waals surface area contributed by atoms with Gasteiger partial charge in [-0.15, -0.1) is 0 Å². The van der Waals surface area contributed by atoms with Crippen molar-refractivity contribution in [1.29, 1.82) is 0 Å². The second-order valence-corrected chi connectivity index (χ2v) is 5.04. The number of nitrogens with zero attached hydrogens (tertiary/aromatic N) is 5. The summed E-state index contributed by atoms with van der Waals surface area (Å²) in [4.78, 5) is 9.49. The van der Waals surface area contributed by atoms with Gasteiger partial charge in [-0.05, 0) is 18.9 Å². The molecule has 21 heavy (non-hydrogen) atoms. The first-order valence-electron chi connectivity index (χ1n) is 6.60. The molecule has 1 atom stereocenters. The van der Waals surface area contributed by atoms with Crippen LogP contribution in [0.3, 0.4) is 0 Å². The van der Waals surface area contributed by atoms with Crippen LogP contribution in [0.25, 0.3) is 0 Å². The summed E-state index contributed by atoms with van der Waals surface area (Å²) in [5.41, 5.74) is 0.0559. The first-order chi connectivity index (χ1) is 9.95. The van der Waals surface area contributed by atoms with Gasteiger partial charge in [0, 0.05) is 31.5 Å². The molecule has 3 heterocycles. The van der Waals surface area contributed by atoms with Crippen LogP contribution in [0.5, 0.6) is 0 Å². The standard InChI is InChI=1S/C13H14F3N5/c1-20-8-9(7-18-20)10-3-2-6-21(10)12-17-5-4-11(19-12)13(14,15)16/h4-5,7-8,10H,2-3,6H2,1H3/t10-/m0/s1. The number of alkyl halides is 3. The van der Waals surface area contributed by atoms with Gasteiger partial charge in [0.2, 0.25) is 5.95 Å². The van der Waals surface area contributed by atoms with Crippen molar-refractivity contribution in [2.45, 2.75) is 25.1 Å². The first-order valence-corrected chi connectivity index (χ1v) is 6.60. The minimum absolute atomic E-state index is 0.0258. The second-order valence-electron chi connectivity index (χ2n) is 5.04. The van der Waals surface area contributed by atoms with Gasteiger partial charge in [0.15, 0.2) is 0 Å². The molecule has 0 amide bonds. The lowest BCUT2D eigenvalue weighted by Crippen LogP contribution is -2.25. The summed E-state index contributed by atoms with van der Waals surface area (Å²) in [6.45, 7) is 0.640. The molecule has 1 aliphatic heterocycles. The minimum Gasteiger partial charge on any atom is -0.334 e. The monoisotopic (exact) mass is 297 g/mol. The van der Waals surface area contributed by atoms with Gasteiger partial charge in [-0.2, -0.15) is 18.3 Å². The predicted octanol–water partition coefficient (Wildman–Crippen LogP) is 2.57. The van der Waals surface area contributed by atoms with Crippen LogP contribution in [0.4, 0.5) is 19.1 Å². The Morgan fingerprint density at radius 1 is 1.33 bits per heavy atom. The highest BCUT2D eigenvalue weighted by atomic mass is 19.4. The average Bonchev–Trinajstić information content (AvgIpc) is 3.06. The van der Waals surface area contributed by atoms with Crippen molar-refractivity contribution in [3.63, 3.8) is 0 Å². The fraction of sp³-hybridized carbons (Fsp3) is 0.462. The molecule has 0 N–H and O–H groups in total. The largest absolute Gasteiger partial charge is 0.433 e. The van der Waals surface area contributed by atoms with Crippen molar-refractivity contribution in [1.82, 2.24) is 19.7 Å². The highest BCUT2D eigenvalue weighted by Gasteiger charge is 2.35. The zero-order valence-corrected chi connectivity index (χ0v) is 11.4. The summed E-state index contributed by atoms with van der Waals surface area (Å²) >= 11 is 0. The smallest absolute Gasteiger partial charge is 0.334 e. The molecular formula is C13H14F3N5. The van der Waals surface area contributed by atoms with E-state index in [1.807, 2.05) is 18.1 Å². The Bertz CT molecular complexity index is 637. The Balaban J connectivity index is 1.92. The second kappa shape index (κ2) is 5.01. The van der Waals surface area contributed by atoms with Crippen LogP contribution < -0.4 is 4.90 Å². The molecule has 112 valence electrons.